The van der Waals surface area contributed by atoms with Crippen LogP contribution in [0.15, 0.2) is 41.3 Å². The van der Waals surface area contributed by atoms with Gasteiger partial charge in [-0.1, -0.05) is 13.0 Å². The normalized spacial score (nSPS) is 10.1. The lowest BCUT2D eigenvalue weighted by Crippen LogP contribution is -2.18. The summed E-state index contributed by atoms with van der Waals surface area (Å²) in [6, 6.07) is 8.12. The smallest absolute Gasteiger partial charge is 0.273 e. The van der Waals surface area contributed by atoms with E-state index in [0.29, 0.717) is 5.82 Å². The van der Waals surface area contributed by atoms with E-state index in [-0.39, 0.29) is 17.2 Å². The summed E-state index contributed by atoms with van der Waals surface area (Å²) in [6.07, 6.45) is 2.51. The summed E-state index contributed by atoms with van der Waals surface area (Å²) in [6.45, 7) is 2.02. The second kappa shape index (κ2) is 5.27. The monoisotopic (exact) mass is 243 g/mol. The maximum absolute atomic E-state index is 11.8. The van der Waals surface area contributed by atoms with Crippen molar-refractivity contribution in [3.63, 3.8) is 0 Å². The molecule has 2 heterocycles. The molecule has 92 valence electrons. The van der Waals surface area contributed by atoms with E-state index in [0.717, 1.165) is 12.0 Å². The van der Waals surface area contributed by atoms with Crippen molar-refractivity contribution < 1.29 is 4.79 Å². The standard InChI is InChI=1S/C13H13N3O2/c1-2-9-6-7-14-11(8-9)16-13(18)10-4-3-5-12(17)15-10/h3-8H,2H2,1H3,(H,15,17)(H,14,16,18). The summed E-state index contributed by atoms with van der Waals surface area (Å²) in [4.78, 5) is 29.5. The Balaban J connectivity index is 2.18. The van der Waals surface area contributed by atoms with Gasteiger partial charge in [-0.3, -0.25) is 9.59 Å². The van der Waals surface area contributed by atoms with Gasteiger partial charge in [0.05, 0.1) is 0 Å². The summed E-state index contributed by atoms with van der Waals surface area (Å²) in [5.74, 6) is 0.0949. The van der Waals surface area contributed by atoms with Crippen LogP contribution in [-0.2, 0) is 6.42 Å². The van der Waals surface area contributed by atoms with Crippen LogP contribution < -0.4 is 10.9 Å². The Labute approximate surface area is 104 Å². The van der Waals surface area contributed by atoms with Crippen molar-refractivity contribution in [2.75, 3.05) is 5.32 Å². The number of hydrogen-bond donors (Lipinski definition) is 2. The quantitative estimate of drug-likeness (QED) is 0.859. The molecule has 2 aromatic heterocycles. The number of carbonyl (C=O) groups excluding carboxylic acids is 1. The lowest BCUT2D eigenvalue weighted by atomic mass is 10.2. The number of H-pyrrole nitrogens is 1. The summed E-state index contributed by atoms with van der Waals surface area (Å²) in [7, 11) is 0. The van der Waals surface area contributed by atoms with E-state index < -0.39 is 0 Å². The van der Waals surface area contributed by atoms with Crippen LogP contribution in [-0.4, -0.2) is 15.9 Å². The molecule has 0 aliphatic rings. The highest BCUT2D eigenvalue weighted by Gasteiger charge is 2.07. The molecule has 0 saturated heterocycles. The van der Waals surface area contributed by atoms with Crippen molar-refractivity contribution >= 4 is 11.7 Å². The van der Waals surface area contributed by atoms with Crippen LogP contribution in [0.2, 0.25) is 0 Å². The average molecular weight is 243 g/mol. The van der Waals surface area contributed by atoms with Crippen LogP contribution in [0.4, 0.5) is 5.82 Å². The average Bonchev–Trinajstić information content (AvgIpc) is 2.39. The van der Waals surface area contributed by atoms with E-state index in [9.17, 15) is 9.59 Å². The maximum Gasteiger partial charge on any atom is 0.273 e. The number of hydrogen-bond acceptors (Lipinski definition) is 3. The molecule has 0 aliphatic carbocycles. The summed E-state index contributed by atoms with van der Waals surface area (Å²) in [5.41, 5.74) is 0.992. The topological polar surface area (TPSA) is 74.8 Å². The van der Waals surface area contributed by atoms with Gasteiger partial charge in [0.15, 0.2) is 0 Å². The minimum atomic E-state index is -0.381. The van der Waals surface area contributed by atoms with Gasteiger partial charge >= 0.3 is 0 Å². The predicted molar refractivity (Wildman–Crippen MR) is 68.6 cm³/mol. The number of nitrogens with zero attached hydrogens (tertiary/aromatic N) is 1. The van der Waals surface area contributed by atoms with Crippen LogP contribution in [0, 0.1) is 0 Å². The molecule has 0 radical (unpaired) electrons. The van der Waals surface area contributed by atoms with E-state index in [1.54, 1.807) is 18.3 Å². The van der Waals surface area contributed by atoms with E-state index >= 15 is 0 Å². The molecule has 0 unspecified atom stereocenters. The van der Waals surface area contributed by atoms with Crippen molar-refractivity contribution in [3.8, 4) is 0 Å². The summed E-state index contributed by atoms with van der Waals surface area (Å²) < 4.78 is 0. The molecule has 0 spiro atoms. The van der Waals surface area contributed by atoms with Gasteiger partial charge in [-0.2, -0.15) is 0 Å². The molecule has 2 rings (SSSR count). The van der Waals surface area contributed by atoms with E-state index in [1.165, 1.54) is 12.1 Å². The minimum Gasteiger partial charge on any atom is -0.318 e. The Hall–Kier alpha value is -2.43. The van der Waals surface area contributed by atoms with Gasteiger partial charge in [0.2, 0.25) is 5.56 Å². The highest BCUT2D eigenvalue weighted by molar-refractivity contribution is 6.02. The van der Waals surface area contributed by atoms with Gasteiger partial charge < -0.3 is 10.3 Å². The van der Waals surface area contributed by atoms with Gasteiger partial charge in [0.1, 0.15) is 11.5 Å². The fourth-order valence-electron chi connectivity index (χ4n) is 1.53. The molecule has 2 aromatic rings. The Kier molecular flexibility index (Phi) is 3.52. The lowest BCUT2D eigenvalue weighted by molar-refractivity contribution is 0.102. The highest BCUT2D eigenvalue weighted by atomic mass is 16.2. The largest absolute Gasteiger partial charge is 0.318 e. The van der Waals surface area contributed by atoms with E-state index in [2.05, 4.69) is 15.3 Å². The van der Waals surface area contributed by atoms with E-state index in [4.69, 9.17) is 0 Å². The molecule has 0 atom stereocenters. The third kappa shape index (κ3) is 2.82. The molecule has 18 heavy (non-hydrogen) atoms. The molecule has 0 aliphatic heterocycles. The Morgan fingerprint density at radius 2 is 2.22 bits per heavy atom. The number of aromatic amines is 1. The molecule has 0 fully saturated rings. The van der Waals surface area contributed by atoms with Crippen LogP contribution in [0.3, 0.4) is 0 Å². The molecule has 0 aromatic carbocycles. The van der Waals surface area contributed by atoms with Gasteiger partial charge in [-0.25, -0.2) is 4.98 Å². The number of rotatable bonds is 3. The van der Waals surface area contributed by atoms with Gasteiger partial charge in [0.25, 0.3) is 5.91 Å². The van der Waals surface area contributed by atoms with Crippen molar-refractivity contribution in [3.05, 3.63) is 58.1 Å². The number of carbonyl (C=O) groups is 1. The second-order valence-corrected chi connectivity index (χ2v) is 3.79. The summed E-state index contributed by atoms with van der Waals surface area (Å²) in [5, 5.41) is 2.64. The second-order valence-electron chi connectivity index (χ2n) is 3.79. The molecular weight excluding hydrogens is 230 g/mol. The van der Waals surface area contributed by atoms with Crippen LogP contribution >= 0.6 is 0 Å². The molecule has 1 amide bonds. The van der Waals surface area contributed by atoms with E-state index in [1.807, 2.05) is 13.0 Å². The van der Waals surface area contributed by atoms with Crippen molar-refractivity contribution in [1.29, 1.82) is 0 Å². The fraction of sp³-hybridized carbons (Fsp3) is 0.154. The first-order valence-corrected chi connectivity index (χ1v) is 5.64. The minimum absolute atomic E-state index is 0.214. The summed E-state index contributed by atoms with van der Waals surface area (Å²) >= 11 is 0. The fourth-order valence-corrected chi connectivity index (χ4v) is 1.53. The number of aryl methyl sites for hydroxylation is 1. The third-order valence-corrected chi connectivity index (χ3v) is 2.49. The van der Waals surface area contributed by atoms with Crippen LogP contribution in [0.25, 0.3) is 0 Å². The zero-order valence-corrected chi connectivity index (χ0v) is 9.93. The zero-order valence-electron chi connectivity index (χ0n) is 9.93. The molecule has 0 bridgehead atoms. The van der Waals surface area contributed by atoms with Gasteiger partial charge in [-0.15, -0.1) is 0 Å². The number of pyridine rings is 2. The Morgan fingerprint density at radius 1 is 1.39 bits per heavy atom. The maximum atomic E-state index is 11.8. The van der Waals surface area contributed by atoms with Crippen LogP contribution in [0.5, 0.6) is 0 Å². The molecule has 5 heteroatoms. The number of amides is 1. The Bertz CT molecular complexity index is 619. The van der Waals surface area contributed by atoms with Gasteiger partial charge in [-0.05, 0) is 30.2 Å². The Morgan fingerprint density at radius 3 is 2.94 bits per heavy atom. The molecule has 5 nitrogen and oxygen atoms in total. The first kappa shape index (κ1) is 12.0. The van der Waals surface area contributed by atoms with Crippen molar-refractivity contribution in [1.82, 2.24) is 9.97 Å². The zero-order chi connectivity index (χ0) is 13.0. The van der Waals surface area contributed by atoms with Crippen molar-refractivity contribution in [2.45, 2.75) is 13.3 Å². The number of nitrogens with one attached hydrogen (secondary N) is 2. The predicted octanol–water partition coefficient (Wildman–Crippen LogP) is 1.58. The van der Waals surface area contributed by atoms with Crippen LogP contribution in [0.1, 0.15) is 23.0 Å². The highest BCUT2D eigenvalue weighted by Crippen LogP contribution is 2.08. The molecule has 2 N–H and O–H groups in total. The number of aromatic nitrogens is 2. The van der Waals surface area contributed by atoms with Gasteiger partial charge in [0, 0.05) is 12.3 Å². The number of anilines is 1. The molecule has 0 saturated carbocycles. The SMILES string of the molecule is CCc1ccnc(NC(=O)c2cccc(=O)[nH]2)c1. The van der Waals surface area contributed by atoms with Crippen molar-refractivity contribution in [2.24, 2.45) is 0 Å². The lowest BCUT2D eigenvalue weighted by Gasteiger charge is -2.05. The third-order valence-electron chi connectivity index (χ3n) is 2.49. The first-order chi connectivity index (χ1) is 8.69. The first-order valence-electron chi connectivity index (χ1n) is 5.64. The molecular formula is C13H13N3O2.